The number of nitrogens with one attached hydrogen (secondary N) is 1. The molecule has 1 N–H and O–H groups in total. The van der Waals surface area contributed by atoms with Gasteiger partial charge in [0.15, 0.2) is 0 Å². The van der Waals surface area contributed by atoms with E-state index in [1.54, 1.807) is 0 Å². The van der Waals surface area contributed by atoms with Crippen LogP contribution in [0, 0.1) is 0 Å². The highest BCUT2D eigenvalue weighted by atomic mass is 16.6. The molecule has 0 saturated carbocycles. The van der Waals surface area contributed by atoms with Crippen molar-refractivity contribution in [3.8, 4) is 0 Å². The van der Waals surface area contributed by atoms with Crippen LogP contribution < -0.4 is 5.32 Å². The van der Waals surface area contributed by atoms with Crippen LogP contribution >= 0.6 is 0 Å². The summed E-state index contributed by atoms with van der Waals surface area (Å²) in [7, 11) is 0. The topological polar surface area (TPSA) is 58.6 Å². The number of nitrogens with zero attached hydrogens (tertiary/aromatic N) is 1. The first-order valence-electron chi connectivity index (χ1n) is 9.51. The highest BCUT2D eigenvalue weighted by Crippen LogP contribution is 2.18. The number of amides is 2. The highest BCUT2D eigenvalue weighted by Gasteiger charge is 2.31. The maximum atomic E-state index is 13.0. The van der Waals surface area contributed by atoms with E-state index >= 15 is 0 Å². The van der Waals surface area contributed by atoms with Crippen molar-refractivity contribution < 1.29 is 14.3 Å². The fraction of sp³-hybridized carbons (Fsp3) is 0.364. The largest absolute Gasteiger partial charge is 0.444 e. The van der Waals surface area contributed by atoms with Gasteiger partial charge in [-0.3, -0.25) is 4.79 Å². The molecule has 0 radical (unpaired) electrons. The first-order chi connectivity index (χ1) is 13.2. The van der Waals surface area contributed by atoms with Gasteiger partial charge >= 0.3 is 6.09 Å². The molecule has 2 aromatic carbocycles. The Labute approximate surface area is 160 Å². The van der Waals surface area contributed by atoms with Gasteiger partial charge in [-0.15, -0.1) is 0 Å². The Balaban J connectivity index is 1.66. The average molecular weight is 366 g/mol. The molecule has 0 unspecified atom stereocenters. The minimum Gasteiger partial charge on any atom is -0.444 e. The summed E-state index contributed by atoms with van der Waals surface area (Å²) >= 11 is 0. The van der Waals surface area contributed by atoms with Crippen LogP contribution in [0.15, 0.2) is 54.6 Å². The number of hydrogen-bond donors (Lipinski definition) is 1. The van der Waals surface area contributed by atoms with Crippen molar-refractivity contribution in [3.05, 3.63) is 71.3 Å². The van der Waals surface area contributed by atoms with E-state index in [1.165, 1.54) is 10.5 Å². The lowest BCUT2D eigenvalue weighted by molar-refractivity contribution is -0.132. The van der Waals surface area contributed by atoms with Gasteiger partial charge in [0, 0.05) is 13.1 Å². The first kappa shape index (κ1) is 19.1. The number of hydrogen-bond acceptors (Lipinski definition) is 4. The lowest BCUT2D eigenvalue weighted by Crippen LogP contribution is -2.51. The molecular weight excluding hydrogens is 340 g/mol. The summed E-state index contributed by atoms with van der Waals surface area (Å²) < 4.78 is 5.41. The molecule has 5 nitrogen and oxygen atoms in total. The van der Waals surface area contributed by atoms with Crippen molar-refractivity contribution in [1.29, 1.82) is 0 Å². The quantitative estimate of drug-likeness (QED) is 0.847. The molecule has 1 aliphatic heterocycles. The number of rotatable bonds is 6. The molecule has 2 aromatic rings. The third kappa shape index (κ3) is 4.95. The van der Waals surface area contributed by atoms with Gasteiger partial charge in [0.2, 0.25) is 5.91 Å². The van der Waals surface area contributed by atoms with Crippen LogP contribution in [-0.2, 0) is 29.1 Å². The van der Waals surface area contributed by atoms with Gasteiger partial charge in [-0.25, -0.2) is 9.69 Å². The number of ether oxygens (including phenoxy) is 1. The fourth-order valence-electron chi connectivity index (χ4n) is 3.22. The van der Waals surface area contributed by atoms with E-state index < -0.39 is 12.1 Å². The number of unbranched alkanes of at least 4 members (excludes halogenated alkanes) is 1. The van der Waals surface area contributed by atoms with E-state index in [-0.39, 0.29) is 12.5 Å². The van der Waals surface area contributed by atoms with Gasteiger partial charge in [-0.1, -0.05) is 67.9 Å². The third-order valence-electron chi connectivity index (χ3n) is 4.81. The van der Waals surface area contributed by atoms with Crippen LogP contribution in [0.2, 0.25) is 0 Å². The Morgan fingerprint density at radius 2 is 1.78 bits per heavy atom. The van der Waals surface area contributed by atoms with E-state index in [2.05, 4.69) is 11.4 Å². The molecule has 1 heterocycles. The Morgan fingerprint density at radius 1 is 1.07 bits per heavy atom. The zero-order valence-electron chi connectivity index (χ0n) is 15.7. The van der Waals surface area contributed by atoms with Gasteiger partial charge in [0.1, 0.15) is 6.61 Å². The summed E-state index contributed by atoms with van der Waals surface area (Å²) in [5.74, 6) is -0.212. The van der Waals surface area contributed by atoms with Crippen molar-refractivity contribution in [3.63, 3.8) is 0 Å². The van der Waals surface area contributed by atoms with Crippen molar-refractivity contribution in [2.45, 2.75) is 45.4 Å². The molecule has 0 bridgehead atoms. The van der Waals surface area contributed by atoms with Crippen molar-refractivity contribution in [2.75, 3.05) is 6.54 Å². The van der Waals surface area contributed by atoms with Crippen LogP contribution in [0.5, 0.6) is 0 Å². The van der Waals surface area contributed by atoms with Crippen LogP contribution in [0.25, 0.3) is 0 Å². The number of benzene rings is 2. The summed E-state index contributed by atoms with van der Waals surface area (Å²) in [6.07, 6.45) is 1.67. The SMILES string of the molecule is CCCCN(C(=O)OCc1ccccc1)C(=O)[C@@H]1Cc2ccccc2CN1. The number of imide groups is 1. The number of carbonyl (C=O) groups excluding carboxylic acids is 2. The average Bonchev–Trinajstić information content (AvgIpc) is 2.72. The van der Waals surface area contributed by atoms with E-state index in [1.807, 2.05) is 55.5 Å². The van der Waals surface area contributed by atoms with Crippen LogP contribution in [-0.4, -0.2) is 29.5 Å². The van der Waals surface area contributed by atoms with Crippen LogP contribution in [0.4, 0.5) is 4.79 Å². The van der Waals surface area contributed by atoms with Gasteiger partial charge in [-0.05, 0) is 29.5 Å². The Kier molecular flexibility index (Phi) is 6.60. The minimum absolute atomic E-state index is 0.163. The second kappa shape index (κ2) is 9.33. The molecule has 2 amide bonds. The molecular formula is C22H26N2O3. The maximum absolute atomic E-state index is 13.0. The predicted octanol–water partition coefficient (Wildman–Crippen LogP) is 3.67. The third-order valence-corrected chi connectivity index (χ3v) is 4.81. The van der Waals surface area contributed by atoms with Gasteiger partial charge in [-0.2, -0.15) is 0 Å². The second-order valence-corrected chi connectivity index (χ2v) is 6.79. The number of carbonyl (C=O) groups is 2. The molecule has 1 atom stereocenters. The summed E-state index contributed by atoms with van der Waals surface area (Å²) in [5.41, 5.74) is 3.26. The Bertz CT molecular complexity index is 776. The van der Waals surface area contributed by atoms with Crippen LogP contribution in [0.1, 0.15) is 36.5 Å². The minimum atomic E-state index is -0.571. The van der Waals surface area contributed by atoms with Crippen molar-refractivity contribution >= 4 is 12.0 Å². The molecule has 1 aliphatic rings. The zero-order valence-corrected chi connectivity index (χ0v) is 15.7. The summed E-state index contributed by atoms with van der Waals surface area (Å²) in [6.45, 7) is 3.21. The highest BCUT2D eigenvalue weighted by molar-refractivity contribution is 5.95. The lowest BCUT2D eigenvalue weighted by atomic mass is 9.95. The smallest absolute Gasteiger partial charge is 0.416 e. The van der Waals surface area contributed by atoms with Crippen LogP contribution in [0.3, 0.4) is 0 Å². The normalized spacial score (nSPS) is 15.7. The van der Waals surface area contributed by atoms with Crippen molar-refractivity contribution in [1.82, 2.24) is 10.2 Å². The summed E-state index contributed by atoms with van der Waals surface area (Å²) in [6, 6.07) is 17.2. The monoisotopic (exact) mass is 366 g/mol. The maximum Gasteiger partial charge on any atom is 0.416 e. The number of fused-ring (bicyclic) bond motifs is 1. The van der Waals surface area contributed by atoms with Gasteiger partial charge < -0.3 is 10.1 Å². The van der Waals surface area contributed by atoms with Crippen molar-refractivity contribution in [2.24, 2.45) is 0 Å². The van der Waals surface area contributed by atoms with E-state index in [0.29, 0.717) is 19.5 Å². The van der Waals surface area contributed by atoms with E-state index in [4.69, 9.17) is 4.74 Å². The fourth-order valence-corrected chi connectivity index (χ4v) is 3.22. The summed E-state index contributed by atoms with van der Waals surface area (Å²) in [5, 5.41) is 3.26. The molecule has 27 heavy (non-hydrogen) atoms. The van der Waals surface area contributed by atoms with E-state index in [9.17, 15) is 9.59 Å². The molecule has 3 rings (SSSR count). The Hall–Kier alpha value is -2.66. The molecule has 0 aliphatic carbocycles. The second-order valence-electron chi connectivity index (χ2n) is 6.79. The predicted molar refractivity (Wildman–Crippen MR) is 104 cm³/mol. The van der Waals surface area contributed by atoms with Gasteiger partial charge in [0.05, 0.1) is 6.04 Å². The van der Waals surface area contributed by atoms with E-state index in [0.717, 1.165) is 24.0 Å². The first-order valence-corrected chi connectivity index (χ1v) is 9.51. The molecule has 0 fully saturated rings. The molecule has 5 heteroatoms. The zero-order chi connectivity index (χ0) is 19.1. The lowest BCUT2D eigenvalue weighted by Gasteiger charge is -2.29. The molecule has 0 saturated heterocycles. The summed E-state index contributed by atoms with van der Waals surface area (Å²) in [4.78, 5) is 26.9. The van der Waals surface area contributed by atoms with Gasteiger partial charge in [0.25, 0.3) is 0 Å². The molecule has 0 spiro atoms. The molecule has 142 valence electrons. The Morgan fingerprint density at radius 3 is 2.52 bits per heavy atom. The molecule has 0 aromatic heterocycles. The standard InChI is InChI=1S/C22H26N2O3/c1-2-3-13-24(22(26)27-16-17-9-5-4-6-10-17)21(25)20-14-18-11-7-8-12-19(18)15-23-20/h4-12,20,23H,2-3,13-16H2,1H3/t20-/m0/s1.